The third kappa shape index (κ3) is 5.22. The zero-order valence-electron chi connectivity index (χ0n) is 13.2. The average Bonchev–Trinajstić information content (AvgIpc) is 2.47. The second kappa shape index (κ2) is 8.26. The molecular weight excluding hydrogens is 274 g/mol. The molecule has 0 amide bonds. The maximum Gasteiger partial charge on any atom is 0.0411 e. The lowest BCUT2D eigenvalue weighted by atomic mass is 10.1. The van der Waals surface area contributed by atoms with Crippen molar-refractivity contribution in [2.24, 2.45) is 0 Å². The van der Waals surface area contributed by atoms with E-state index in [-0.39, 0.29) is 0 Å². The second-order valence-corrected chi connectivity index (χ2v) is 6.56. The highest BCUT2D eigenvalue weighted by Gasteiger charge is 2.10. The topological polar surface area (TPSA) is 12.0 Å². The summed E-state index contributed by atoms with van der Waals surface area (Å²) < 4.78 is 0. The zero-order valence-corrected chi connectivity index (χ0v) is 14.0. The Morgan fingerprint density at radius 1 is 1.00 bits per heavy atom. The Hall–Kier alpha value is -1.25. The van der Waals surface area contributed by atoms with Gasteiger partial charge in [0, 0.05) is 17.5 Å². The van der Waals surface area contributed by atoms with Gasteiger partial charge in [-0.05, 0) is 31.5 Å². The Balaban J connectivity index is 1.92. The van der Waals surface area contributed by atoms with Gasteiger partial charge in [0.2, 0.25) is 0 Å². The maximum absolute atomic E-state index is 3.60. The first kappa shape index (κ1) is 16.1. The van der Waals surface area contributed by atoms with Crippen molar-refractivity contribution in [2.45, 2.75) is 32.6 Å². The summed E-state index contributed by atoms with van der Waals surface area (Å²) in [5.74, 6) is 2.18. The molecule has 0 fully saturated rings. The van der Waals surface area contributed by atoms with Gasteiger partial charge in [-0.2, -0.15) is 11.8 Å². The van der Waals surface area contributed by atoms with Crippen molar-refractivity contribution in [2.75, 3.05) is 12.3 Å². The van der Waals surface area contributed by atoms with Crippen LogP contribution in [0.3, 0.4) is 0 Å². The van der Waals surface area contributed by atoms with E-state index in [4.69, 9.17) is 0 Å². The molecule has 0 saturated carbocycles. The fourth-order valence-corrected chi connectivity index (χ4v) is 3.49. The molecule has 0 bridgehead atoms. The summed E-state index contributed by atoms with van der Waals surface area (Å²) in [5.41, 5.74) is 5.47. The molecule has 2 heteroatoms. The van der Waals surface area contributed by atoms with E-state index in [0.29, 0.717) is 6.04 Å². The molecular formula is C19H25NS. The maximum atomic E-state index is 3.60. The van der Waals surface area contributed by atoms with Crippen molar-refractivity contribution in [3.8, 4) is 0 Å². The lowest BCUT2D eigenvalue weighted by molar-refractivity contribution is 0.606. The molecule has 0 aliphatic heterocycles. The van der Waals surface area contributed by atoms with Crippen LogP contribution >= 0.6 is 11.8 Å². The van der Waals surface area contributed by atoms with Crippen LogP contribution < -0.4 is 5.32 Å². The van der Waals surface area contributed by atoms with E-state index in [1.165, 1.54) is 22.3 Å². The summed E-state index contributed by atoms with van der Waals surface area (Å²) in [4.78, 5) is 0. The fraction of sp³-hybridized carbons (Fsp3) is 0.368. The van der Waals surface area contributed by atoms with Gasteiger partial charge in [0.1, 0.15) is 0 Å². The fourth-order valence-electron chi connectivity index (χ4n) is 2.41. The van der Waals surface area contributed by atoms with Crippen molar-refractivity contribution in [1.82, 2.24) is 5.32 Å². The third-order valence-electron chi connectivity index (χ3n) is 3.57. The summed E-state index contributed by atoms with van der Waals surface area (Å²) in [7, 11) is 0. The summed E-state index contributed by atoms with van der Waals surface area (Å²) in [5, 5.41) is 3.60. The zero-order chi connectivity index (χ0) is 15.1. The van der Waals surface area contributed by atoms with E-state index in [9.17, 15) is 0 Å². The number of thioether (sulfide) groups is 1. The largest absolute Gasteiger partial charge is 0.310 e. The van der Waals surface area contributed by atoms with E-state index in [1.54, 1.807) is 0 Å². The number of hydrogen-bond donors (Lipinski definition) is 1. The van der Waals surface area contributed by atoms with E-state index in [1.807, 2.05) is 11.8 Å². The van der Waals surface area contributed by atoms with E-state index in [2.05, 4.69) is 74.6 Å². The number of benzene rings is 2. The Morgan fingerprint density at radius 2 is 1.76 bits per heavy atom. The molecule has 1 N–H and O–H groups in total. The predicted octanol–water partition coefficient (Wildman–Crippen LogP) is 4.89. The van der Waals surface area contributed by atoms with Crippen LogP contribution in [0.2, 0.25) is 0 Å². The van der Waals surface area contributed by atoms with Gasteiger partial charge in [0.05, 0.1) is 0 Å². The molecule has 1 unspecified atom stereocenters. The van der Waals surface area contributed by atoms with Crippen LogP contribution in [0, 0.1) is 13.8 Å². The van der Waals surface area contributed by atoms with Gasteiger partial charge in [-0.3, -0.25) is 0 Å². The van der Waals surface area contributed by atoms with E-state index < -0.39 is 0 Å². The number of aryl methyl sites for hydroxylation is 2. The molecule has 1 atom stereocenters. The van der Waals surface area contributed by atoms with Gasteiger partial charge >= 0.3 is 0 Å². The van der Waals surface area contributed by atoms with Gasteiger partial charge in [0.25, 0.3) is 0 Å². The molecule has 0 spiro atoms. The van der Waals surface area contributed by atoms with Gasteiger partial charge in [-0.15, -0.1) is 0 Å². The minimum atomic E-state index is 0.436. The minimum Gasteiger partial charge on any atom is -0.310 e. The van der Waals surface area contributed by atoms with Crippen molar-refractivity contribution in [1.29, 1.82) is 0 Å². The first-order valence-corrected chi connectivity index (χ1v) is 8.77. The van der Waals surface area contributed by atoms with Gasteiger partial charge < -0.3 is 5.32 Å². The summed E-state index contributed by atoms with van der Waals surface area (Å²) in [6, 6.07) is 18.1. The van der Waals surface area contributed by atoms with Crippen LogP contribution in [-0.2, 0) is 5.75 Å². The molecule has 21 heavy (non-hydrogen) atoms. The molecule has 1 nitrogen and oxygen atoms in total. The highest BCUT2D eigenvalue weighted by atomic mass is 32.2. The highest BCUT2D eigenvalue weighted by Crippen LogP contribution is 2.22. The summed E-state index contributed by atoms with van der Waals surface area (Å²) in [6.07, 6.45) is 0. The summed E-state index contributed by atoms with van der Waals surface area (Å²) in [6.45, 7) is 7.47. The molecule has 2 aromatic rings. The molecule has 112 valence electrons. The van der Waals surface area contributed by atoms with Crippen LogP contribution in [0.4, 0.5) is 0 Å². The van der Waals surface area contributed by atoms with Crippen LogP contribution in [0.1, 0.15) is 35.2 Å². The predicted molar refractivity (Wildman–Crippen MR) is 94.9 cm³/mol. The monoisotopic (exact) mass is 299 g/mol. The standard InChI is InChI=1S/C19H25NS/c1-4-20-19(18-10-8-15(2)9-11-18)14-21-13-17-7-5-6-16(3)12-17/h5-12,19-20H,4,13-14H2,1-3H3. The third-order valence-corrected chi connectivity index (χ3v) is 4.67. The summed E-state index contributed by atoms with van der Waals surface area (Å²) >= 11 is 2.00. The van der Waals surface area contributed by atoms with Crippen LogP contribution in [-0.4, -0.2) is 12.3 Å². The Morgan fingerprint density at radius 3 is 2.43 bits per heavy atom. The molecule has 0 saturated heterocycles. The van der Waals surface area contributed by atoms with Gasteiger partial charge in [-0.25, -0.2) is 0 Å². The SMILES string of the molecule is CCNC(CSCc1cccc(C)c1)c1ccc(C)cc1. The van der Waals surface area contributed by atoms with E-state index in [0.717, 1.165) is 18.1 Å². The Labute approximate surface area is 133 Å². The molecule has 0 aliphatic rings. The molecule has 2 aromatic carbocycles. The smallest absolute Gasteiger partial charge is 0.0411 e. The van der Waals surface area contributed by atoms with Crippen molar-refractivity contribution in [3.63, 3.8) is 0 Å². The number of nitrogens with one attached hydrogen (secondary N) is 1. The highest BCUT2D eigenvalue weighted by molar-refractivity contribution is 7.98. The van der Waals surface area contributed by atoms with Crippen molar-refractivity contribution < 1.29 is 0 Å². The molecule has 2 rings (SSSR count). The van der Waals surface area contributed by atoms with Crippen molar-refractivity contribution >= 4 is 11.8 Å². The lowest BCUT2D eigenvalue weighted by Crippen LogP contribution is -2.23. The normalized spacial score (nSPS) is 12.3. The first-order valence-electron chi connectivity index (χ1n) is 7.62. The van der Waals surface area contributed by atoms with Gasteiger partial charge in [0.15, 0.2) is 0 Å². The van der Waals surface area contributed by atoms with Crippen LogP contribution in [0.5, 0.6) is 0 Å². The van der Waals surface area contributed by atoms with Crippen LogP contribution in [0.25, 0.3) is 0 Å². The first-order chi connectivity index (χ1) is 10.2. The quantitative estimate of drug-likeness (QED) is 0.781. The molecule has 0 aliphatic carbocycles. The second-order valence-electron chi connectivity index (χ2n) is 5.53. The Bertz CT molecular complexity index is 548. The molecule has 0 heterocycles. The minimum absolute atomic E-state index is 0.436. The van der Waals surface area contributed by atoms with E-state index >= 15 is 0 Å². The number of rotatable bonds is 7. The Kier molecular flexibility index (Phi) is 6.34. The average molecular weight is 299 g/mol. The number of hydrogen-bond acceptors (Lipinski definition) is 2. The molecule has 0 aromatic heterocycles. The van der Waals surface area contributed by atoms with Crippen molar-refractivity contribution in [3.05, 3.63) is 70.8 Å². The van der Waals surface area contributed by atoms with Crippen LogP contribution in [0.15, 0.2) is 48.5 Å². The molecule has 0 radical (unpaired) electrons. The van der Waals surface area contributed by atoms with Gasteiger partial charge in [-0.1, -0.05) is 66.6 Å². The lowest BCUT2D eigenvalue weighted by Gasteiger charge is -2.18.